The fourth-order valence-electron chi connectivity index (χ4n) is 1.52. The van der Waals surface area contributed by atoms with Crippen LogP contribution >= 0.6 is 15.9 Å². The molecule has 1 aromatic carbocycles. The third-order valence-electron chi connectivity index (χ3n) is 2.49. The third-order valence-corrected chi connectivity index (χ3v) is 2.93. The van der Waals surface area contributed by atoms with E-state index in [0.717, 1.165) is 15.7 Å². The zero-order valence-electron chi connectivity index (χ0n) is 9.88. The Bertz CT molecular complexity index is 609. The minimum atomic E-state index is -0.520. The lowest BCUT2D eigenvalue weighted by Gasteiger charge is -1.99. The minimum Gasteiger partial charge on any atom is -0.288 e. The second kappa shape index (κ2) is 6.26. The van der Waals surface area contributed by atoms with Gasteiger partial charge in [0.05, 0.1) is 0 Å². The average Bonchev–Trinajstić information content (AvgIpc) is 2.45. The second-order valence-electron chi connectivity index (χ2n) is 3.81. The summed E-state index contributed by atoms with van der Waals surface area (Å²) in [5.41, 5.74) is 3.99. The Labute approximate surface area is 118 Å². The molecule has 0 fully saturated rings. The maximum atomic E-state index is 11.2. The highest BCUT2D eigenvalue weighted by Crippen LogP contribution is 2.12. The molecule has 96 valence electrons. The normalized spacial score (nSPS) is 10.6. The number of nitrogens with zero attached hydrogens (tertiary/aromatic N) is 1. The third kappa shape index (κ3) is 3.74. The van der Waals surface area contributed by atoms with Gasteiger partial charge in [0.2, 0.25) is 0 Å². The van der Waals surface area contributed by atoms with Gasteiger partial charge in [-0.3, -0.25) is 10.0 Å². The Kier molecular flexibility index (Phi) is 4.43. The molecule has 0 bridgehead atoms. The Hall–Kier alpha value is -1.98. The highest BCUT2D eigenvalue weighted by Gasteiger charge is 2.01. The molecule has 0 aliphatic rings. The van der Waals surface area contributed by atoms with Crippen molar-refractivity contribution in [3.63, 3.8) is 0 Å². The zero-order chi connectivity index (χ0) is 13.7. The molecule has 0 spiro atoms. The number of hydrogen-bond acceptors (Lipinski definition) is 3. The molecule has 0 saturated carbocycles. The molecule has 0 atom stereocenters. The highest BCUT2D eigenvalue weighted by atomic mass is 79.9. The average molecular weight is 319 g/mol. The van der Waals surface area contributed by atoms with Gasteiger partial charge >= 0.3 is 0 Å². The van der Waals surface area contributed by atoms with Crippen molar-refractivity contribution in [2.75, 3.05) is 0 Å². The van der Waals surface area contributed by atoms with Crippen LogP contribution in [0.25, 0.3) is 12.2 Å². The van der Waals surface area contributed by atoms with E-state index in [0.29, 0.717) is 5.56 Å². The molecule has 2 rings (SSSR count). The lowest BCUT2D eigenvalue weighted by atomic mass is 10.1. The molecule has 0 aliphatic carbocycles. The molecule has 1 amide bonds. The van der Waals surface area contributed by atoms with Crippen LogP contribution in [-0.2, 0) is 0 Å². The zero-order valence-corrected chi connectivity index (χ0v) is 11.5. The number of hydroxylamine groups is 1. The number of carbonyl (C=O) groups is 1. The minimum absolute atomic E-state index is 0.409. The number of amides is 1. The lowest BCUT2D eigenvalue weighted by Crippen LogP contribution is -2.18. The van der Waals surface area contributed by atoms with Gasteiger partial charge in [-0.1, -0.05) is 24.3 Å². The van der Waals surface area contributed by atoms with Crippen LogP contribution < -0.4 is 5.48 Å². The summed E-state index contributed by atoms with van der Waals surface area (Å²) in [4.78, 5) is 15.2. The van der Waals surface area contributed by atoms with Crippen molar-refractivity contribution < 1.29 is 10.0 Å². The van der Waals surface area contributed by atoms with Crippen LogP contribution in [0.5, 0.6) is 0 Å². The van der Waals surface area contributed by atoms with E-state index in [1.54, 1.807) is 35.9 Å². The van der Waals surface area contributed by atoms with Crippen LogP contribution in [-0.4, -0.2) is 16.1 Å². The molecule has 1 aromatic heterocycles. The fraction of sp³-hybridized carbons (Fsp3) is 0. The van der Waals surface area contributed by atoms with Gasteiger partial charge in [-0.25, -0.2) is 10.5 Å². The Morgan fingerprint density at radius 1 is 1.16 bits per heavy atom. The predicted molar refractivity (Wildman–Crippen MR) is 76.6 cm³/mol. The van der Waals surface area contributed by atoms with Crippen LogP contribution in [0, 0.1) is 0 Å². The standard InChI is InChI=1S/C14H11BrN2O2/c15-13-9-11(7-8-16-13)2-1-10-3-5-12(6-4-10)14(18)17-19/h1-9,19H,(H,17,18)/b2-1+. The van der Waals surface area contributed by atoms with E-state index in [1.165, 1.54) is 0 Å². The van der Waals surface area contributed by atoms with Crippen LogP contribution in [0.1, 0.15) is 21.5 Å². The summed E-state index contributed by atoms with van der Waals surface area (Å²) in [6.07, 6.45) is 5.61. The van der Waals surface area contributed by atoms with Crippen LogP contribution in [0.4, 0.5) is 0 Å². The molecule has 2 aromatic rings. The van der Waals surface area contributed by atoms with E-state index in [4.69, 9.17) is 5.21 Å². The van der Waals surface area contributed by atoms with E-state index >= 15 is 0 Å². The van der Waals surface area contributed by atoms with E-state index in [-0.39, 0.29) is 0 Å². The molecule has 0 radical (unpaired) electrons. The van der Waals surface area contributed by atoms with E-state index in [2.05, 4.69) is 20.9 Å². The quantitative estimate of drug-likeness (QED) is 0.519. The summed E-state index contributed by atoms with van der Waals surface area (Å²) in [5, 5.41) is 8.51. The van der Waals surface area contributed by atoms with Crippen molar-refractivity contribution >= 4 is 34.0 Å². The first-order chi connectivity index (χ1) is 9.19. The van der Waals surface area contributed by atoms with Crippen LogP contribution in [0.15, 0.2) is 47.2 Å². The van der Waals surface area contributed by atoms with Crippen molar-refractivity contribution in [1.82, 2.24) is 10.5 Å². The molecule has 4 nitrogen and oxygen atoms in total. The first-order valence-corrected chi connectivity index (χ1v) is 6.32. The van der Waals surface area contributed by atoms with Gasteiger partial charge in [-0.15, -0.1) is 0 Å². The first kappa shape index (κ1) is 13.5. The Morgan fingerprint density at radius 2 is 1.84 bits per heavy atom. The number of benzene rings is 1. The smallest absolute Gasteiger partial charge is 0.274 e. The largest absolute Gasteiger partial charge is 0.288 e. The molecular weight excluding hydrogens is 308 g/mol. The summed E-state index contributed by atoms with van der Waals surface area (Å²) < 4.78 is 0.782. The molecule has 19 heavy (non-hydrogen) atoms. The van der Waals surface area contributed by atoms with Gasteiger partial charge in [-0.2, -0.15) is 0 Å². The first-order valence-electron chi connectivity index (χ1n) is 5.53. The monoisotopic (exact) mass is 318 g/mol. The van der Waals surface area contributed by atoms with Crippen molar-refractivity contribution in [3.8, 4) is 0 Å². The maximum Gasteiger partial charge on any atom is 0.274 e. The van der Waals surface area contributed by atoms with E-state index < -0.39 is 5.91 Å². The van der Waals surface area contributed by atoms with Gasteiger partial charge in [0.15, 0.2) is 0 Å². The number of carbonyl (C=O) groups excluding carboxylic acids is 1. The number of pyridine rings is 1. The number of rotatable bonds is 3. The van der Waals surface area contributed by atoms with Crippen LogP contribution in [0.3, 0.4) is 0 Å². The van der Waals surface area contributed by atoms with E-state index in [1.807, 2.05) is 24.3 Å². The van der Waals surface area contributed by atoms with Gasteiger partial charge in [-0.05, 0) is 51.3 Å². The number of hydrogen-bond donors (Lipinski definition) is 2. The number of aromatic nitrogens is 1. The van der Waals surface area contributed by atoms with Crippen molar-refractivity contribution in [1.29, 1.82) is 0 Å². The van der Waals surface area contributed by atoms with Gasteiger partial charge in [0.1, 0.15) is 4.60 Å². The number of halogens is 1. The van der Waals surface area contributed by atoms with Gasteiger partial charge in [0, 0.05) is 11.8 Å². The second-order valence-corrected chi connectivity index (χ2v) is 4.62. The molecule has 2 N–H and O–H groups in total. The van der Waals surface area contributed by atoms with Crippen LogP contribution in [0.2, 0.25) is 0 Å². The van der Waals surface area contributed by atoms with Crippen molar-refractivity contribution in [2.24, 2.45) is 0 Å². The highest BCUT2D eigenvalue weighted by molar-refractivity contribution is 9.10. The molecule has 5 heteroatoms. The fourth-order valence-corrected chi connectivity index (χ4v) is 1.91. The summed E-state index contributed by atoms with van der Waals surface area (Å²) in [6.45, 7) is 0. The number of nitrogens with one attached hydrogen (secondary N) is 1. The lowest BCUT2D eigenvalue weighted by molar-refractivity contribution is 0.0706. The van der Waals surface area contributed by atoms with Gasteiger partial charge < -0.3 is 0 Å². The molecule has 0 aliphatic heterocycles. The van der Waals surface area contributed by atoms with Gasteiger partial charge in [0.25, 0.3) is 5.91 Å². The predicted octanol–water partition coefficient (Wildman–Crippen LogP) is 3.13. The topological polar surface area (TPSA) is 62.2 Å². The summed E-state index contributed by atoms with van der Waals surface area (Å²) in [7, 11) is 0. The summed E-state index contributed by atoms with van der Waals surface area (Å²) >= 11 is 3.31. The Balaban J connectivity index is 2.13. The molecule has 0 saturated heterocycles. The van der Waals surface area contributed by atoms with E-state index in [9.17, 15) is 4.79 Å². The molecule has 0 unspecified atom stereocenters. The Morgan fingerprint density at radius 3 is 2.47 bits per heavy atom. The maximum absolute atomic E-state index is 11.2. The summed E-state index contributed by atoms with van der Waals surface area (Å²) in [6, 6.07) is 10.7. The van der Waals surface area contributed by atoms with Crippen molar-refractivity contribution in [3.05, 3.63) is 63.9 Å². The SMILES string of the molecule is O=C(NO)c1ccc(/C=C/c2ccnc(Br)c2)cc1. The summed E-state index contributed by atoms with van der Waals surface area (Å²) in [5.74, 6) is -0.520. The molecule has 1 heterocycles. The van der Waals surface area contributed by atoms with Crippen molar-refractivity contribution in [2.45, 2.75) is 0 Å². The molecular formula is C14H11BrN2O2.